The van der Waals surface area contributed by atoms with Crippen LogP contribution in [0.3, 0.4) is 0 Å². The molecule has 1 saturated carbocycles. The molecule has 2 N–H and O–H groups in total. The smallest absolute Gasteiger partial charge is 0.324 e. The molecular formula is C45H59N7O6S. The molecule has 2 saturated heterocycles. The minimum Gasteiger partial charge on any atom is -0.464 e. The quantitative estimate of drug-likeness (QED) is 0.175. The molecular weight excluding hydrogens is 767 g/mol. The number of likely N-dealkylation sites (tertiary alicyclic amines) is 1. The first-order valence-electron chi connectivity index (χ1n) is 21.4. The van der Waals surface area contributed by atoms with Gasteiger partial charge in [-0.15, -0.1) is 11.3 Å². The molecule has 0 spiro atoms. The molecule has 4 aromatic rings. The van der Waals surface area contributed by atoms with Crippen LogP contribution in [-0.4, -0.2) is 101 Å². The number of benzene rings is 1. The van der Waals surface area contributed by atoms with Gasteiger partial charge in [-0.25, -0.2) is 10.4 Å². The number of pyridine rings is 1. The second-order valence-corrected chi connectivity index (χ2v) is 18.6. The molecule has 1 aromatic carbocycles. The van der Waals surface area contributed by atoms with E-state index in [4.69, 9.17) is 24.2 Å². The van der Waals surface area contributed by atoms with Crippen LogP contribution in [0.15, 0.2) is 41.9 Å². The maximum absolute atomic E-state index is 14.8. The molecule has 14 heteroatoms. The summed E-state index contributed by atoms with van der Waals surface area (Å²) in [6.45, 7) is 16.9. The minimum absolute atomic E-state index is 0.167. The van der Waals surface area contributed by atoms with Crippen LogP contribution >= 0.6 is 11.3 Å². The molecule has 6 bridgehead atoms. The van der Waals surface area contributed by atoms with Crippen molar-refractivity contribution in [2.24, 2.45) is 23.2 Å². The van der Waals surface area contributed by atoms with Crippen molar-refractivity contribution in [1.29, 1.82) is 0 Å². The van der Waals surface area contributed by atoms with Crippen LogP contribution in [0.5, 0.6) is 0 Å². The summed E-state index contributed by atoms with van der Waals surface area (Å²) in [4.78, 5) is 54.9. The summed E-state index contributed by atoms with van der Waals surface area (Å²) in [5, 5.41) is 8.34. The van der Waals surface area contributed by atoms with Gasteiger partial charge in [0, 0.05) is 71.7 Å². The van der Waals surface area contributed by atoms with Crippen LogP contribution in [0, 0.1) is 23.2 Å². The first kappa shape index (κ1) is 41.5. The molecule has 4 aliphatic rings. The van der Waals surface area contributed by atoms with Gasteiger partial charge in [-0.05, 0) is 94.3 Å². The molecule has 6 heterocycles. The molecule has 0 radical (unpaired) electrons. The number of esters is 1. The van der Waals surface area contributed by atoms with E-state index in [0.717, 1.165) is 70.7 Å². The Morgan fingerprint density at radius 2 is 1.93 bits per heavy atom. The second-order valence-electron chi connectivity index (χ2n) is 17.7. The number of rotatable bonds is 10. The zero-order chi connectivity index (χ0) is 41.6. The number of amides is 2. The van der Waals surface area contributed by atoms with Crippen LogP contribution in [0.25, 0.3) is 33.4 Å². The summed E-state index contributed by atoms with van der Waals surface area (Å²) in [5.74, 6) is -0.692. The SMILES string of the molecule is CCn1c(-c2cccnc2[C@H](C)OC)c2c3cc(ccc31)-c1csc(n1)[C@@H](OCCN1CCC1)[C@H](NC(=O)C1[C@@H](C)[C@H]1C)C(=O)N1CCC[C@H](N1)C(=O)OCC(C)(C)C2. The van der Waals surface area contributed by atoms with E-state index < -0.39 is 29.6 Å². The molecule has 1 unspecified atom stereocenters. The second kappa shape index (κ2) is 17.0. The lowest BCUT2D eigenvalue weighted by molar-refractivity contribution is -0.157. The fraction of sp³-hybridized carbons (Fsp3) is 0.578. The summed E-state index contributed by atoms with van der Waals surface area (Å²) >= 11 is 1.43. The lowest BCUT2D eigenvalue weighted by atomic mass is 9.84. The van der Waals surface area contributed by atoms with Gasteiger partial charge in [0.1, 0.15) is 23.2 Å². The van der Waals surface area contributed by atoms with Gasteiger partial charge in [-0.2, -0.15) is 0 Å². The maximum Gasteiger partial charge on any atom is 0.324 e. The van der Waals surface area contributed by atoms with Crippen molar-refractivity contribution >= 4 is 40.0 Å². The molecule has 316 valence electrons. The first-order chi connectivity index (χ1) is 28.4. The van der Waals surface area contributed by atoms with Gasteiger partial charge in [0.15, 0.2) is 0 Å². The predicted octanol–water partition coefficient (Wildman–Crippen LogP) is 6.33. The summed E-state index contributed by atoms with van der Waals surface area (Å²) in [6.07, 6.45) is 3.58. The zero-order valence-electron chi connectivity index (χ0n) is 35.5. The Balaban J connectivity index is 1.27. The molecule has 2 amide bonds. The van der Waals surface area contributed by atoms with Gasteiger partial charge in [0.2, 0.25) is 5.91 Å². The van der Waals surface area contributed by atoms with E-state index in [9.17, 15) is 14.4 Å². The average Bonchev–Trinajstić information content (AvgIpc) is 3.50. The van der Waals surface area contributed by atoms with Gasteiger partial charge < -0.3 is 29.0 Å². The Morgan fingerprint density at radius 3 is 2.64 bits per heavy atom. The van der Waals surface area contributed by atoms with E-state index in [0.29, 0.717) is 44.0 Å². The van der Waals surface area contributed by atoms with Gasteiger partial charge in [0.25, 0.3) is 5.91 Å². The van der Waals surface area contributed by atoms with Crippen molar-refractivity contribution in [2.45, 2.75) is 98.1 Å². The Hall–Kier alpha value is -4.21. The Morgan fingerprint density at radius 1 is 1.14 bits per heavy atom. The number of aromatic nitrogens is 3. The predicted molar refractivity (Wildman–Crippen MR) is 227 cm³/mol. The summed E-state index contributed by atoms with van der Waals surface area (Å²) in [7, 11) is 1.70. The number of nitrogens with zero attached hydrogens (tertiary/aromatic N) is 5. The normalized spacial score (nSPS) is 26.5. The largest absolute Gasteiger partial charge is 0.464 e. The van der Waals surface area contributed by atoms with Crippen LogP contribution in [0.2, 0.25) is 0 Å². The molecule has 59 heavy (non-hydrogen) atoms. The lowest BCUT2D eigenvalue weighted by Crippen LogP contribution is -2.61. The standard InChI is InChI=1S/C45H59N7O6S/c1-8-51-35-15-14-29-22-31(35)32(39(51)30-12-9-16-46-37(30)28(4)56-7)23-45(5,6)25-58-44(55)33-13-10-19-52(49-33)43(54)38(48-41(53)36-26(2)27(36)3)40(42-47-34(29)24-59-42)57-21-20-50-17-11-18-50/h9,12,14-16,22,24,26-28,33,36,38,40,49H,8,10-11,13,17-21,23,25H2,1-7H3,(H,48,53)/t26-,27+,28-,33-,36?,38-,40-/m0/s1. The Labute approximate surface area is 351 Å². The molecule has 7 atom stereocenters. The van der Waals surface area contributed by atoms with Crippen molar-refractivity contribution in [1.82, 2.24) is 35.2 Å². The molecule has 3 aliphatic heterocycles. The number of nitrogens with one attached hydrogen (secondary N) is 2. The number of hydrogen-bond donors (Lipinski definition) is 2. The van der Waals surface area contributed by atoms with Crippen molar-refractivity contribution in [3.8, 4) is 22.5 Å². The van der Waals surface area contributed by atoms with Gasteiger partial charge in [0.05, 0.1) is 36.4 Å². The highest BCUT2D eigenvalue weighted by molar-refractivity contribution is 7.10. The molecule has 1 aliphatic carbocycles. The molecule has 13 nitrogen and oxygen atoms in total. The number of hydrogen-bond acceptors (Lipinski definition) is 11. The van der Waals surface area contributed by atoms with Crippen molar-refractivity contribution in [2.75, 3.05) is 46.5 Å². The van der Waals surface area contributed by atoms with E-state index in [2.05, 4.69) is 79.1 Å². The highest BCUT2D eigenvalue weighted by Gasteiger charge is 2.50. The van der Waals surface area contributed by atoms with E-state index in [1.165, 1.54) is 16.3 Å². The number of methoxy groups -OCH3 is 1. The third-order valence-electron chi connectivity index (χ3n) is 13.0. The topological polar surface area (TPSA) is 140 Å². The number of ether oxygens (including phenoxy) is 3. The average molecular weight is 826 g/mol. The summed E-state index contributed by atoms with van der Waals surface area (Å²) in [6, 6.07) is 8.75. The number of aryl methyl sites for hydroxylation is 1. The van der Waals surface area contributed by atoms with Crippen LogP contribution in [0.1, 0.15) is 89.3 Å². The fourth-order valence-electron chi connectivity index (χ4n) is 9.06. The highest BCUT2D eigenvalue weighted by atomic mass is 32.1. The number of hydrazine groups is 1. The van der Waals surface area contributed by atoms with E-state index in [1.807, 2.05) is 24.6 Å². The fourth-order valence-corrected chi connectivity index (χ4v) is 9.97. The molecule has 3 fully saturated rings. The zero-order valence-corrected chi connectivity index (χ0v) is 36.3. The maximum atomic E-state index is 14.8. The van der Waals surface area contributed by atoms with Crippen LogP contribution in [0.4, 0.5) is 0 Å². The van der Waals surface area contributed by atoms with E-state index >= 15 is 0 Å². The van der Waals surface area contributed by atoms with Crippen molar-refractivity contribution < 1.29 is 28.6 Å². The van der Waals surface area contributed by atoms with Gasteiger partial charge in [-0.1, -0.05) is 33.8 Å². The monoisotopic (exact) mass is 825 g/mol. The number of carbonyl (C=O) groups is 3. The number of fused-ring (bicyclic) bond motifs is 6. The molecule has 8 rings (SSSR count). The van der Waals surface area contributed by atoms with Crippen LogP contribution in [-0.2, 0) is 41.6 Å². The Kier molecular flexibility index (Phi) is 12.0. The van der Waals surface area contributed by atoms with Gasteiger partial charge in [-0.3, -0.25) is 24.4 Å². The number of carbonyl (C=O) groups excluding carboxylic acids is 3. The summed E-state index contributed by atoms with van der Waals surface area (Å²) < 4.78 is 21.0. The van der Waals surface area contributed by atoms with Crippen LogP contribution < -0.4 is 10.7 Å². The Bertz CT molecular complexity index is 2190. The van der Waals surface area contributed by atoms with E-state index in [1.54, 1.807) is 7.11 Å². The van der Waals surface area contributed by atoms with Crippen molar-refractivity contribution in [3.63, 3.8) is 0 Å². The third-order valence-corrected chi connectivity index (χ3v) is 13.9. The third kappa shape index (κ3) is 8.31. The van der Waals surface area contributed by atoms with Crippen molar-refractivity contribution in [3.05, 3.63) is 58.2 Å². The first-order valence-corrected chi connectivity index (χ1v) is 22.2. The number of cyclic esters (lactones) is 1. The highest BCUT2D eigenvalue weighted by Crippen LogP contribution is 2.46. The minimum atomic E-state index is -1.07. The molecule has 3 aromatic heterocycles. The van der Waals surface area contributed by atoms with Gasteiger partial charge >= 0.3 is 5.97 Å². The summed E-state index contributed by atoms with van der Waals surface area (Å²) in [5.41, 5.74) is 9.55. The van der Waals surface area contributed by atoms with E-state index in [-0.39, 0.29) is 42.3 Å². The lowest BCUT2D eigenvalue weighted by Gasteiger charge is -2.37. The number of thiazole rings is 1.